The maximum atomic E-state index is 4.25. The summed E-state index contributed by atoms with van der Waals surface area (Å²) < 4.78 is 4.82. The van der Waals surface area contributed by atoms with Crippen LogP contribution in [0.2, 0.25) is 0 Å². The molecule has 0 atom stereocenters. The van der Waals surface area contributed by atoms with Gasteiger partial charge in [0.1, 0.15) is 0 Å². The third kappa shape index (κ3) is 5.29. The summed E-state index contributed by atoms with van der Waals surface area (Å²) in [5.74, 6) is -1.38. The third-order valence-corrected chi connectivity index (χ3v) is 26.4. The molecular weight excluding hydrogens is 541 g/mol. The molecule has 0 amide bonds. The summed E-state index contributed by atoms with van der Waals surface area (Å²) in [6.45, 7) is 3.42. The van der Waals surface area contributed by atoms with Crippen molar-refractivity contribution in [2.75, 3.05) is 6.54 Å². The van der Waals surface area contributed by atoms with Gasteiger partial charge in [-0.1, -0.05) is 0 Å². The summed E-state index contributed by atoms with van der Waals surface area (Å²) >= 11 is -2.23. The molecule has 167 valence electrons. The zero-order valence-corrected chi connectivity index (χ0v) is 23.8. The van der Waals surface area contributed by atoms with Gasteiger partial charge >= 0.3 is 196 Å². The topological polar surface area (TPSA) is 12.0 Å². The van der Waals surface area contributed by atoms with Crippen molar-refractivity contribution in [3.8, 4) is 11.1 Å². The number of nitrogens with one attached hydrogen (secondary N) is 1. The molecule has 33 heavy (non-hydrogen) atoms. The normalized spacial score (nSPS) is 11.8. The van der Waals surface area contributed by atoms with E-state index >= 15 is 0 Å². The number of benzene rings is 4. The summed E-state index contributed by atoms with van der Waals surface area (Å²) in [5, 5.41) is 3.18. The summed E-state index contributed by atoms with van der Waals surface area (Å²) in [5.41, 5.74) is 6.03. The Morgan fingerprint density at radius 1 is 0.636 bits per heavy atom. The van der Waals surface area contributed by atoms with Gasteiger partial charge in [-0.25, -0.2) is 0 Å². The minimum Gasteiger partial charge on any atom is -1.00 e. The molecule has 1 N–H and O–H groups in total. The van der Waals surface area contributed by atoms with Gasteiger partial charge in [-0.3, -0.25) is 0 Å². The Hall–Kier alpha value is -1.48. The SMILES string of the molecule is CCC[NH][Zr+2]([CH]1c2ccccc2-c2ccccc21)[SiH](c1ccccc1)c1ccccc1.[Cl-].[Cl-]. The zero-order chi connectivity index (χ0) is 21.0. The Balaban J connectivity index is 0.00000153. The zero-order valence-electron chi connectivity index (χ0n) is 18.7. The third-order valence-electron chi connectivity index (χ3n) is 6.30. The van der Waals surface area contributed by atoms with Gasteiger partial charge in [0.05, 0.1) is 0 Å². The van der Waals surface area contributed by atoms with Gasteiger partial charge in [0, 0.05) is 0 Å². The predicted octanol–water partition coefficient (Wildman–Crippen LogP) is -1.16. The molecule has 5 heteroatoms. The number of rotatable bonds is 7. The van der Waals surface area contributed by atoms with E-state index in [1.165, 1.54) is 17.5 Å². The first-order chi connectivity index (χ1) is 15.4. The molecule has 0 heterocycles. The molecule has 1 aliphatic rings. The molecule has 0 saturated carbocycles. The fourth-order valence-electron chi connectivity index (χ4n) is 4.97. The summed E-state index contributed by atoms with van der Waals surface area (Å²) in [6, 6.07) is 41.1. The van der Waals surface area contributed by atoms with Crippen LogP contribution in [0, 0.1) is 0 Å². The molecule has 0 aliphatic heterocycles. The molecule has 0 saturated heterocycles. The van der Waals surface area contributed by atoms with Crippen LogP contribution in [0.5, 0.6) is 0 Å². The maximum Gasteiger partial charge on any atom is -1.00 e. The minimum atomic E-state index is -2.23. The smallest absolute Gasteiger partial charge is 1.00 e. The molecule has 0 spiro atoms. The average Bonchev–Trinajstić information content (AvgIpc) is 3.17. The molecular formula is C28H28Cl2NSiZr. The minimum absolute atomic E-state index is 0. The van der Waals surface area contributed by atoms with Crippen molar-refractivity contribution in [3.05, 3.63) is 120 Å². The second kappa shape index (κ2) is 12.3. The van der Waals surface area contributed by atoms with Crippen LogP contribution in [0.1, 0.15) is 28.1 Å². The van der Waals surface area contributed by atoms with Crippen molar-refractivity contribution >= 4 is 16.3 Å². The Labute approximate surface area is 219 Å². The molecule has 4 aromatic rings. The number of halogens is 2. The Kier molecular flexibility index (Phi) is 9.73. The standard InChI is InChI=1S/C13H9.C12H11Si.C3H8N.2ClH.Zr/c1-3-7-12-10(5-1)9-11-6-2-4-8-13(11)12;1-3-7-11(8-4-1)13-12-9-5-2-6-10-12;1-2-3-4;;;/h1-9H;1-10,13H;4H,2-3H2,1H3;2*1H;/q;;-1;;;+3/p-2. The predicted molar refractivity (Wildman–Crippen MR) is 131 cm³/mol. The monoisotopic (exact) mass is 566 g/mol. The average molecular weight is 569 g/mol. The van der Waals surface area contributed by atoms with Crippen LogP contribution in [0.3, 0.4) is 0 Å². The first-order valence-corrected chi connectivity index (χ1v) is 19.9. The first-order valence-electron chi connectivity index (χ1n) is 11.3. The fraction of sp³-hybridized carbons (Fsp3) is 0.143. The van der Waals surface area contributed by atoms with Crippen molar-refractivity contribution in [1.29, 1.82) is 0 Å². The molecule has 1 nitrogen and oxygen atoms in total. The summed E-state index contributed by atoms with van der Waals surface area (Å²) in [7, 11) is 0. The van der Waals surface area contributed by atoms with E-state index in [0.29, 0.717) is 3.63 Å². The van der Waals surface area contributed by atoms with E-state index in [0.717, 1.165) is 6.54 Å². The Morgan fingerprint density at radius 2 is 1.06 bits per heavy atom. The van der Waals surface area contributed by atoms with Crippen LogP contribution in [0.25, 0.3) is 11.1 Å². The van der Waals surface area contributed by atoms with Gasteiger partial charge < -0.3 is 24.8 Å². The fourth-order valence-corrected chi connectivity index (χ4v) is 27.6. The Bertz CT molecular complexity index is 1070. The first kappa shape index (κ1) is 26.1. The van der Waals surface area contributed by atoms with E-state index in [-0.39, 0.29) is 24.8 Å². The van der Waals surface area contributed by atoms with Crippen molar-refractivity contribution in [2.24, 2.45) is 0 Å². The van der Waals surface area contributed by atoms with Crippen LogP contribution in [-0.2, 0) is 21.2 Å². The van der Waals surface area contributed by atoms with Gasteiger partial charge in [0.2, 0.25) is 0 Å². The van der Waals surface area contributed by atoms with Gasteiger partial charge in [0.15, 0.2) is 0 Å². The van der Waals surface area contributed by atoms with Crippen molar-refractivity contribution in [3.63, 3.8) is 0 Å². The second-order valence-electron chi connectivity index (χ2n) is 8.24. The van der Waals surface area contributed by atoms with Crippen molar-refractivity contribution < 1.29 is 46.0 Å². The van der Waals surface area contributed by atoms with Crippen LogP contribution >= 0.6 is 0 Å². The quantitative estimate of drug-likeness (QED) is 0.278. The molecule has 0 radical (unpaired) electrons. The number of fused-ring (bicyclic) bond motifs is 3. The molecule has 0 bridgehead atoms. The van der Waals surface area contributed by atoms with E-state index in [4.69, 9.17) is 0 Å². The van der Waals surface area contributed by atoms with Crippen LogP contribution < -0.4 is 38.4 Å². The molecule has 0 unspecified atom stereocenters. The van der Waals surface area contributed by atoms with Gasteiger partial charge in [-0.2, -0.15) is 0 Å². The van der Waals surface area contributed by atoms with Crippen molar-refractivity contribution in [1.82, 2.24) is 3.26 Å². The van der Waals surface area contributed by atoms with Crippen LogP contribution in [-0.4, -0.2) is 12.5 Å². The van der Waals surface area contributed by atoms with Gasteiger partial charge in [-0.15, -0.1) is 0 Å². The second-order valence-corrected chi connectivity index (χ2v) is 22.9. The van der Waals surface area contributed by atoms with E-state index in [9.17, 15) is 0 Å². The van der Waals surface area contributed by atoms with E-state index in [2.05, 4.69) is 119 Å². The molecule has 1 aliphatic carbocycles. The van der Waals surface area contributed by atoms with Crippen LogP contribution in [0.4, 0.5) is 0 Å². The Morgan fingerprint density at radius 3 is 1.52 bits per heavy atom. The van der Waals surface area contributed by atoms with Crippen molar-refractivity contribution in [2.45, 2.75) is 17.0 Å². The maximum absolute atomic E-state index is 4.25. The number of hydrogen-bond acceptors (Lipinski definition) is 1. The van der Waals surface area contributed by atoms with Crippen LogP contribution in [0.15, 0.2) is 109 Å². The summed E-state index contributed by atoms with van der Waals surface area (Å²) in [4.78, 5) is 0. The number of hydrogen-bond donors (Lipinski definition) is 1. The molecule has 5 rings (SSSR count). The van der Waals surface area contributed by atoms with E-state index in [1.54, 1.807) is 21.5 Å². The summed E-state index contributed by atoms with van der Waals surface area (Å²) in [6.07, 6.45) is 1.19. The molecule has 4 aromatic carbocycles. The van der Waals surface area contributed by atoms with Gasteiger partial charge in [-0.05, 0) is 0 Å². The molecule has 0 aromatic heterocycles. The van der Waals surface area contributed by atoms with E-state index in [1.807, 2.05) is 0 Å². The van der Waals surface area contributed by atoms with Gasteiger partial charge in [0.25, 0.3) is 0 Å². The molecule has 0 fully saturated rings. The van der Waals surface area contributed by atoms with E-state index < -0.39 is 27.1 Å². The largest absolute Gasteiger partial charge is 1.00 e.